The van der Waals surface area contributed by atoms with Gasteiger partial charge in [0.05, 0.1) is 7.11 Å². The van der Waals surface area contributed by atoms with E-state index in [2.05, 4.69) is 10.2 Å². The highest BCUT2D eigenvalue weighted by Crippen LogP contribution is 2.41. The van der Waals surface area contributed by atoms with E-state index >= 15 is 0 Å². The highest BCUT2D eigenvalue weighted by molar-refractivity contribution is 6.35. The van der Waals surface area contributed by atoms with E-state index in [1.54, 1.807) is 43.5 Å². The number of phenolic OH excluding ortho intramolecular Hbond substituents is 1. The van der Waals surface area contributed by atoms with Crippen LogP contribution < -0.4 is 9.47 Å². The van der Waals surface area contributed by atoms with E-state index in [4.69, 9.17) is 32.7 Å². The second-order valence-electron chi connectivity index (χ2n) is 6.94. The second kappa shape index (κ2) is 8.92. The molecule has 0 aliphatic heterocycles. The van der Waals surface area contributed by atoms with Crippen LogP contribution in [0.1, 0.15) is 11.3 Å². The minimum Gasteiger partial charge on any atom is -0.507 e. The molecular formula is C24H20Cl2N2O3. The number of phenols is 1. The predicted molar refractivity (Wildman–Crippen MR) is 123 cm³/mol. The Labute approximate surface area is 190 Å². The van der Waals surface area contributed by atoms with E-state index in [9.17, 15) is 5.11 Å². The van der Waals surface area contributed by atoms with Crippen LogP contribution in [0.25, 0.3) is 22.4 Å². The minimum atomic E-state index is 0.0467. The van der Waals surface area contributed by atoms with Crippen molar-refractivity contribution in [3.63, 3.8) is 0 Å². The smallest absolute Gasteiger partial charge is 0.128 e. The fourth-order valence-corrected chi connectivity index (χ4v) is 3.94. The molecule has 0 atom stereocenters. The van der Waals surface area contributed by atoms with Crippen molar-refractivity contribution in [3.8, 4) is 39.6 Å². The van der Waals surface area contributed by atoms with Gasteiger partial charge in [-0.2, -0.15) is 5.10 Å². The van der Waals surface area contributed by atoms with E-state index in [0.29, 0.717) is 32.6 Å². The molecular weight excluding hydrogens is 435 g/mol. The van der Waals surface area contributed by atoms with Gasteiger partial charge in [-0.1, -0.05) is 47.5 Å². The summed E-state index contributed by atoms with van der Waals surface area (Å²) < 4.78 is 11.3. The van der Waals surface area contributed by atoms with Gasteiger partial charge in [-0.05, 0) is 37.3 Å². The number of hydrogen-bond donors (Lipinski definition) is 2. The lowest BCUT2D eigenvalue weighted by molar-refractivity contribution is 0.304. The summed E-state index contributed by atoms with van der Waals surface area (Å²) in [5.41, 5.74) is 4.51. The third-order valence-electron chi connectivity index (χ3n) is 4.99. The number of ether oxygens (including phenoxy) is 2. The number of methoxy groups -OCH3 is 1. The molecule has 0 spiro atoms. The molecule has 0 saturated heterocycles. The molecule has 0 amide bonds. The third kappa shape index (κ3) is 4.20. The largest absolute Gasteiger partial charge is 0.507 e. The number of aromatic amines is 1. The Morgan fingerprint density at radius 2 is 1.71 bits per heavy atom. The normalized spacial score (nSPS) is 10.8. The van der Waals surface area contributed by atoms with Crippen molar-refractivity contribution in [2.75, 3.05) is 7.11 Å². The van der Waals surface area contributed by atoms with Crippen molar-refractivity contribution in [1.29, 1.82) is 0 Å². The average molecular weight is 455 g/mol. The maximum absolute atomic E-state index is 10.7. The lowest BCUT2D eigenvalue weighted by Crippen LogP contribution is -1.97. The number of aromatic hydroxyl groups is 1. The molecule has 4 aromatic rings. The van der Waals surface area contributed by atoms with E-state index in [0.717, 1.165) is 22.6 Å². The maximum atomic E-state index is 10.7. The van der Waals surface area contributed by atoms with Gasteiger partial charge in [0, 0.05) is 44.1 Å². The molecule has 7 heteroatoms. The third-order valence-corrected chi connectivity index (χ3v) is 5.70. The molecule has 3 aromatic carbocycles. The van der Waals surface area contributed by atoms with Crippen LogP contribution in [0, 0.1) is 6.92 Å². The Morgan fingerprint density at radius 1 is 0.968 bits per heavy atom. The van der Waals surface area contributed by atoms with Crippen molar-refractivity contribution in [1.82, 2.24) is 10.2 Å². The maximum Gasteiger partial charge on any atom is 0.128 e. The van der Waals surface area contributed by atoms with E-state index in [1.807, 2.05) is 31.2 Å². The Morgan fingerprint density at radius 3 is 2.42 bits per heavy atom. The first-order valence-electron chi connectivity index (χ1n) is 9.57. The Kier molecular flexibility index (Phi) is 6.07. The molecule has 5 nitrogen and oxygen atoms in total. The fourth-order valence-electron chi connectivity index (χ4n) is 3.43. The number of aryl methyl sites for hydroxylation is 1. The number of hydrogen-bond acceptors (Lipinski definition) is 4. The van der Waals surface area contributed by atoms with Crippen LogP contribution in [0.4, 0.5) is 0 Å². The standard InChI is InChI=1S/C24H20Cl2N2O3/c1-14-23(17-6-3-4-9-22(17)30-2)24(28-27-14)16-11-10-15(12-21(16)29)31-13-18-19(25)7-5-8-20(18)26/h3-12,29H,13H2,1-2H3,(H,27,28). The molecule has 158 valence electrons. The first-order chi connectivity index (χ1) is 15.0. The van der Waals surface area contributed by atoms with Crippen LogP contribution in [-0.2, 0) is 6.61 Å². The zero-order valence-corrected chi connectivity index (χ0v) is 18.5. The molecule has 4 rings (SSSR count). The summed E-state index contributed by atoms with van der Waals surface area (Å²) in [4.78, 5) is 0. The molecule has 31 heavy (non-hydrogen) atoms. The average Bonchev–Trinajstić information content (AvgIpc) is 3.14. The zero-order chi connectivity index (χ0) is 22.0. The van der Waals surface area contributed by atoms with Gasteiger partial charge in [0.2, 0.25) is 0 Å². The summed E-state index contributed by atoms with van der Waals surface area (Å²) >= 11 is 12.4. The lowest BCUT2D eigenvalue weighted by atomic mass is 9.98. The molecule has 2 N–H and O–H groups in total. The molecule has 0 fully saturated rings. The van der Waals surface area contributed by atoms with E-state index in [-0.39, 0.29) is 12.4 Å². The van der Waals surface area contributed by atoms with Gasteiger partial charge in [-0.25, -0.2) is 0 Å². The van der Waals surface area contributed by atoms with Crippen LogP contribution in [0.3, 0.4) is 0 Å². The Bertz CT molecular complexity index is 1220. The quantitative estimate of drug-likeness (QED) is 0.342. The topological polar surface area (TPSA) is 67.4 Å². The molecule has 1 heterocycles. The van der Waals surface area contributed by atoms with Crippen molar-refractivity contribution in [2.45, 2.75) is 13.5 Å². The number of benzene rings is 3. The van der Waals surface area contributed by atoms with Crippen molar-refractivity contribution in [2.24, 2.45) is 0 Å². The fraction of sp³-hybridized carbons (Fsp3) is 0.125. The van der Waals surface area contributed by atoms with Crippen LogP contribution in [-0.4, -0.2) is 22.4 Å². The Hall–Kier alpha value is -3.15. The molecule has 0 saturated carbocycles. The zero-order valence-electron chi connectivity index (χ0n) is 16.9. The first kappa shape index (κ1) is 21.1. The summed E-state index contributed by atoms with van der Waals surface area (Å²) in [5.74, 6) is 1.26. The minimum absolute atomic E-state index is 0.0467. The number of nitrogens with zero attached hydrogens (tertiary/aromatic N) is 1. The number of para-hydroxylation sites is 1. The van der Waals surface area contributed by atoms with Crippen molar-refractivity contribution in [3.05, 3.63) is 82.0 Å². The number of H-pyrrole nitrogens is 1. The van der Waals surface area contributed by atoms with Crippen LogP contribution >= 0.6 is 23.2 Å². The van der Waals surface area contributed by atoms with Gasteiger partial charge in [-0.3, -0.25) is 5.10 Å². The summed E-state index contributed by atoms with van der Waals surface area (Å²) in [6.07, 6.45) is 0. The lowest BCUT2D eigenvalue weighted by Gasteiger charge is -2.12. The summed E-state index contributed by atoms with van der Waals surface area (Å²) in [7, 11) is 1.63. The monoisotopic (exact) mass is 454 g/mol. The van der Waals surface area contributed by atoms with Gasteiger partial charge in [0.15, 0.2) is 0 Å². The molecule has 0 aliphatic rings. The Balaban J connectivity index is 1.66. The van der Waals surface area contributed by atoms with Crippen molar-refractivity contribution >= 4 is 23.2 Å². The van der Waals surface area contributed by atoms with Gasteiger partial charge in [0.1, 0.15) is 29.5 Å². The van der Waals surface area contributed by atoms with Crippen molar-refractivity contribution < 1.29 is 14.6 Å². The molecule has 0 bridgehead atoms. The highest BCUT2D eigenvalue weighted by atomic mass is 35.5. The van der Waals surface area contributed by atoms with Gasteiger partial charge >= 0.3 is 0 Å². The number of nitrogens with one attached hydrogen (secondary N) is 1. The summed E-state index contributed by atoms with van der Waals surface area (Å²) in [6.45, 7) is 2.12. The van der Waals surface area contributed by atoms with E-state index < -0.39 is 0 Å². The van der Waals surface area contributed by atoms with E-state index in [1.165, 1.54) is 0 Å². The van der Waals surface area contributed by atoms with Gasteiger partial charge < -0.3 is 14.6 Å². The molecule has 0 aliphatic carbocycles. The van der Waals surface area contributed by atoms with Gasteiger partial charge in [-0.15, -0.1) is 0 Å². The molecule has 0 radical (unpaired) electrons. The number of rotatable bonds is 6. The molecule has 1 aromatic heterocycles. The van der Waals surface area contributed by atoms with Crippen LogP contribution in [0.2, 0.25) is 10.0 Å². The van der Waals surface area contributed by atoms with Crippen LogP contribution in [0.15, 0.2) is 60.7 Å². The highest BCUT2D eigenvalue weighted by Gasteiger charge is 2.20. The number of halogens is 2. The predicted octanol–water partition coefficient (Wildman–Crippen LogP) is 6.65. The number of aromatic nitrogens is 2. The summed E-state index contributed by atoms with van der Waals surface area (Å²) in [6, 6.07) is 18.1. The van der Waals surface area contributed by atoms with Crippen LogP contribution in [0.5, 0.6) is 17.2 Å². The van der Waals surface area contributed by atoms with Gasteiger partial charge in [0.25, 0.3) is 0 Å². The summed E-state index contributed by atoms with van der Waals surface area (Å²) in [5, 5.41) is 19.2. The second-order valence-corrected chi connectivity index (χ2v) is 7.75. The SMILES string of the molecule is COc1ccccc1-c1c(-c2ccc(OCc3c(Cl)cccc3Cl)cc2O)n[nH]c1C. The first-order valence-corrected chi connectivity index (χ1v) is 10.3. The molecule has 0 unspecified atom stereocenters.